The quantitative estimate of drug-likeness (QED) is 0.541. The van der Waals surface area contributed by atoms with E-state index in [1.54, 1.807) is 25.3 Å². The largest absolute Gasteiger partial charge is 0.497 e. The Balaban J connectivity index is 2.58. The van der Waals surface area contributed by atoms with Crippen molar-refractivity contribution in [1.29, 1.82) is 0 Å². The molecule has 108 valence electrons. The van der Waals surface area contributed by atoms with Crippen LogP contribution in [0.2, 0.25) is 0 Å². The molecule has 0 spiro atoms. The molecule has 0 aliphatic heterocycles. The molecule has 0 bridgehead atoms. The van der Waals surface area contributed by atoms with E-state index in [1.165, 1.54) is 7.11 Å². The zero-order chi connectivity index (χ0) is 14.3. The highest BCUT2D eigenvalue weighted by molar-refractivity contribution is 6.21. The maximum atomic E-state index is 11.9. The Hall–Kier alpha value is -1.07. The predicted octanol–water partition coefficient (Wildman–Crippen LogP) is 3.66. The minimum absolute atomic E-state index is 0.174. The zero-order valence-electron chi connectivity index (χ0n) is 10.9. The van der Waals surface area contributed by atoms with Crippen molar-refractivity contribution in [2.24, 2.45) is 0 Å². The van der Waals surface area contributed by atoms with Gasteiger partial charge in [0.25, 0.3) is 6.43 Å². The van der Waals surface area contributed by atoms with Crippen molar-refractivity contribution in [1.82, 2.24) is 0 Å². The molecule has 0 radical (unpaired) electrons. The number of rotatable bonds is 8. The van der Waals surface area contributed by atoms with Crippen LogP contribution < -0.4 is 9.47 Å². The molecule has 1 atom stereocenters. The summed E-state index contributed by atoms with van der Waals surface area (Å²) < 4.78 is 38.9. The molecule has 0 aliphatic rings. The zero-order valence-corrected chi connectivity index (χ0v) is 11.6. The van der Waals surface area contributed by atoms with Crippen LogP contribution in [0.25, 0.3) is 0 Å². The first-order chi connectivity index (χ1) is 9.08. The lowest BCUT2D eigenvalue weighted by atomic mass is 10.1. The maximum Gasteiger partial charge on any atom is 0.261 e. The van der Waals surface area contributed by atoms with Gasteiger partial charge < -0.3 is 14.2 Å². The predicted molar refractivity (Wildman–Crippen MR) is 69.6 cm³/mol. The minimum Gasteiger partial charge on any atom is -0.497 e. The summed E-state index contributed by atoms with van der Waals surface area (Å²) in [5, 5.41) is -0.362. The average molecular weight is 295 g/mol. The Morgan fingerprint density at radius 3 is 2.53 bits per heavy atom. The third kappa shape index (κ3) is 5.20. The SMILES string of the molecule is COc1ccc(C(Cl)CCOCC(F)F)c(OC)c1. The topological polar surface area (TPSA) is 27.7 Å². The Kier molecular flexibility index (Phi) is 6.87. The van der Waals surface area contributed by atoms with Crippen LogP contribution in [0.3, 0.4) is 0 Å². The lowest BCUT2D eigenvalue weighted by molar-refractivity contribution is 0.0165. The van der Waals surface area contributed by atoms with Crippen LogP contribution in [0.5, 0.6) is 11.5 Å². The van der Waals surface area contributed by atoms with Gasteiger partial charge in [0.2, 0.25) is 0 Å². The minimum atomic E-state index is -2.45. The van der Waals surface area contributed by atoms with Gasteiger partial charge in [0.1, 0.15) is 18.1 Å². The molecular weight excluding hydrogens is 278 g/mol. The first kappa shape index (κ1) is 16.0. The molecule has 3 nitrogen and oxygen atoms in total. The summed E-state index contributed by atoms with van der Waals surface area (Å²) in [6.07, 6.45) is -2.03. The van der Waals surface area contributed by atoms with Gasteiger partial charge in [0.15, 0.2) is 0 Å². The van der Waals surface area contributed by atoms with Gasteiger partial charge in [-0.1, -0.05) is 6.07 Å². The summed E-state index contributed by atoms with van der Waals surface area (Å²) in [5.41, 5.74) is 0.783. The van der Waals surface area contributed by atoms with E-state index in [1.807, 2.05) is 0 Å². The molecule has 0 amide bonds. The highest BCUT2D eigenvalue weighted by atomic mass is 35.5. The van der Waals surface area contributed by atoms with Gasteiger partial charge >= 0.3 is 0 Å². The van der Waals surface area contributed by atoms with Gasteiger partial charge in [-0.3, -0.25) is 0 Å². The van der Waals surface area contributed by atoms with Crippen LogP contribution in [-0.4, -0.2) is 33.9 Å². The standard InChI is InChI=1S/C13H17ClF2O3/c1-17-9-3-4-10(12(7-9)18-2)11(14)5-6-19-8-13(15)16/h3-4,7,11,13H,5-6,8H2,1-2H3. The van der Waals surface area contributed by atoms with Crippen molar-refractivity contribution in [3.8, 4) is 11.5 Å². The molecule has 19 heavy (non-hydrogen) atoms. The lowest BCUT2D eigenvalue weighted by Crippen LogP contribution is -2.07. The Labute approximate surface area is 116 Å². The molecular formula is C13H17ClF2O3. The van der Waals surface area contributed by atoms with Crippen molar-refractivity contribution >= 4 is 11.6 Å². The van der Waals surface area contributed by atoms with Gasteiger partial charge in [-0.05, 0) is 12.5 Å². The van der Waals surface area contributed by atoms with Gasteiger partial charge in [-0.25, -0.2) is 8.78 Å². The van der Waals surface area contributed by atoms with E-state index in [2.05, 4.69) is 0 Å². The lowest BCUT2D eigenvalue weighted by Gasteiger charge is -2.15. The Morgan fingerprint density at radius 2 is 1.95 bits per heavy atom. The molecule has 0 saturated heterocycles. The van der Waals surface area contributed by atoms with E-state index in [-0.39, 0.29) is 12.0 Å². The van der Waals surface area contributed by atoms with E-state index in [0.29, 0.717) is 17.9 Å². The monoisotopic (exact) mass is 294 g/mol. The fraction of sp³-hybridized carbons (Fsp3) is 0.538. The first-order valence-corrected chi connectivity index (χ1v) is 6.24. The summed E-state index contributed by atoms with van der Waals surface area (Å²) in [6.45, 7) is -0.392. The third-order valence-electron chi connectivity index (χ3n) is 2.54. The van der Waals surface area contributed by atoms with Gasteiger partial charge in [0, 0.05) is 18.2 Å². The van der Waals surface area contributed by atoms with E-state index in [9.17, 15) is 8.78 Å². The number of alkyl halides is 3. The van der Waals surface area contributed by atoms with Gasteiger partial charge in [-0.2, -0.15) is 0 Å². The summed E-state index contributed by atoms with van der Waals surface area (Å²) >= 11 is 6.21. The number of halogens is 3. The van der Waals surface area contributed by atoms with E-state index < -0.39 is 13.0 Å². The van der Waals surface area contributed by atoms with Crippen molar-refractivity contribution in [3.05, 3.63) is 23.8 Å². The van der Waals surface area contributed by atoms with Crippen LogP contribution in [0.4, 0.5) is 8.78 Å². The number of ether oxygens (including phenoxy) is 3. The fourth-order valence-electron chi connectivity index (χ4n) is 1.59. The number of methoxy groups -OCH3 is 2. The third-order valence-corrected chi connectivity index (χ3v) is 2.99. The molecule has 0 saturated carbocycles. The summed E-state index contributed by atoms with van der Waals surface area (Å²) in [7, 11) is 3.10. The number of hydrogen-bond acceptors (Lipinski definition) is 3. The molecule has 1 aromatic rings. The highest BCUT2D eigenvalue weighted by Crippen LogP contribution is 2.34. The number of benzene rings is 1. The molecule has 1 aromatic carbocycles. The normalized spacial score (nSPS) is 12.5. The highest BCUT2D eigenvalue weighted by Gasteiger charge is 2.14. The van der Waals surface area contributed by atoms with Crippen LogP contribution in [0.15, 0.2) is 18.2 Å². The Bertz CT molecular complexity index is 388. The smallest absolute Gasteiger partial charge is 0.261 e. The summed E-state index contributed by atoms with van der Waals surface area (Å²) in [4.78, 5) is 0. The van der Waals surface area contributed by atoms with Gasteiger partial charge in [0.05, 0.1) is 19.6 Å². The summed E-state index contributed by atoms with van der Waals surface area (Å²) in [5.74, 6) is 1.27. The second kappa shape index (κ2) is 8.17. The van der Waals surface area contributed by atoms with Crippen molar-refractivity contribution in [2.45, 2.75) is 18.2 Å². The van der Waals surface area contributed by atoms with Crippen LogP contribution in [-0.2, 0) is 4.74 Å². The second-order valence-corrected chi connectivity index (χ2v) is 4.36. The number of hydrogen-bond donors (Lipinski definition) is 0. The van der Waals surface area contributed by atoms with Crippen LogP contribution >= 0.6 is 11.6 Å². The van der Waals surface area contributed by atoms with E-state index in [4.69, 9.17) is 25.8 Å². The van der Waals surface area contributed by atoms with E-state index in [0.717, 1.165) is 5.56 Å². The molecule has 1 rings (SSSR count). The average Bonchev–Trinajstić information content (AvgIpc) is 2.42. The van der Waals surface area contributed by atoms with Crippen molar-refractivity contribution in [2.75, 3.05) is 27.4 Å². The fourth-order valence-corrected chi connectivity index (χ4v) is 1.86. The van der Waals surface area contributed by atoms with Gasteiger partial charge in [-0.15, -0.1) is 11.6 Å². The molecule has 0 aromatic heterocycles. The molecule has 0 N–H and O–H groups in total. The molecule has 0 heterocycles. The van der Waals surface area contributed by atoms with Crippen LogP contribution in [0, 0.1) is 0 Å². The molecule has 0 aliphatic carbocycles. The Morgan fingerprint density at radius 1 is 1.21 bits per heavy atom. The maximum absolute atomic E-state index is 11.9. The van der Waals surface area contributed by atoms with Crippen molar-refractivity contribution < 1.29 is 23.0 Å². The summed E-state index contributed by atoms with van der Waals surface area (Å²) in [6, 6.07) is 5.29. The molecule has 1 unspecified atom stereocenters. The first-order valence-electron chi connectivity index (χ1n) is 5.80. The van der Waals surface area contributed by atoms with Crippen LogP contribution in [0.1, 0.15) is 17.4 Å². The molecule has 6 heteroatoms. The second-order valence-electron chi connectivity index (χ2n) is 3.83. The van der Waals surface area contributed by atoms with Crippen molar-refractivity contribution in [3.63, 3.8) is 0 Å². The van der Waals surface area contributed by atoms with E-state index >= 15 is 0 Å². The molecule has 0 fully saturated rings.